The fourth-order valence-corrected chi connectivity index (χ4v) is 3.49. The molecular formula is C13H14Br2N2O2. The molecule has 6 heteroatoms. The molecule has 1 aliphatic heterocycles. The van der Waals surface area contributed by atoms with E-state index in [4.69, 9.17) is 0 Å². The van der Waals surface area contributed by atoms with Crippen LogP contribution in [0.5, 0.6) is 0 Å². The first-order valence-electron chi connectivity index (χ1n) is 6.02. The molecule has 0 spiro atoms. The van der Waals surface area contributed by atoms with E-state index in [9.17, 15) is 9.59 Å². The Morgan fingerprint density at radius 2 is 2.11 bits per heavy atom. The Labute approximate surface area is 128 Å². The van der Waals surface area contributed by atoms with Gasteiger partial charge in [0, 0.05) is 21.4 Å². The van der Waals surface area contributed by atoms with E-state index in [0.29, 0.717) is 12.8 Å². The molecular weight excluding hydrogens is 376 g/mol. The van der Waals surface area contributed by atoms with Crippen LogP contribution in [0.4, 0.5) is 0 Å². The molecule has 2 amide bonds. The number of rotatable bonds is 3. The van der Waals surface area contributed by atoms with E-state index in [1.807, 2.05) is 25.1 Å². The highest BCUT2D eigenvalue weighted by molar-refractivity contribution is 9.11. The quantitative estimate of drug-likeness (QED) is 0.781. The monoisotopic (exact) mass is 388 g/mol. The smallest absolute Gasteiger partial charge is 0.243 e. The Kier molecular flexibility index (Phi) is 4.76. The normalized spacial score (nSPS) is 21.1. The van der Waals surface area contributed by atoms with Gasteiger partial charge in [-0.2, -0.15) is 0 Å². The van der Waals surface area contributed by atoms with Gasteiger partial charge >= 0.3 is 0 Å². The van der Waals surface area contributed by atoms with Crippen molar-refractivity contribution in [3.63, 3.8) is 0 Å². The summed E-state index contributed by atoms with van der Waals surface area (Å²) in [5.74, 6) is -0.433. The van der Waals surface area contributed by atoms with Crippen LogP contribution in [0, 0.1) is 0 Å². The van der Waals surface area contributed by atoms with Gasteiger partial charge in [-0.3, -0.25) is 20.2 Å². The van der Waals surface area contributed by atoms with Crippen molar-refractivity contribution < 1.29 is 9.59 Å². The fourth-order valence-electron chi connectivity index (χ4n) is 2.10. The van der Waals surface area contributed by atoms with Crippen LogP contribution in [0.1, 0.15) is 31.4 Å². The van der Waals surface area contributed by atoms with Crippen molar-refractivity contribution in [2.75, 3.05) is 0 Å². The molecule has 2 unspecified atom stereocenters. The van der Waals surface area contributed by atoms with Gasteiger partial charge in [0.05, 0.1) is 6.04 Å². The maximum atomic E-state index is 11.7. The SMILES string of the molecule is CC(NC1CCC(=O)NC1=O)c1ccc(Br)cc1Br. The Morgan fingerprint density at radius 3 is 2.74 bits per heavy atom. The van der Waals surface area contributed by atoms with Crippen LogP contribution in [0.3, 0.4) is 0 Å². The summed E-state index contributed by atoms with van der Waals surface area (Å²) in [7, 11) is 0. The van der Waals surface area contributed by atoms with Crippen molar-refractivity contribution >= 4 is 43.7 Å². The fraction of sp³-hybridized carbons (Fsp3) is 0.385. The highest BCUT2D eigenvalue weighted by Gasteiger charge is 2.27. The van der Waals surface area contributed by atoms with Gasteiger partial charge in [-0.05, 0) is 31.0 Å². The van der Waals surface area contributed by atoms with E-state index < -0.39 is 0 Å². The van der Waals surface area contributed by atoms with Gasteiger partial charge in [-0.25, -0.2) is 0 Å². The van der Waals surface area contributed by atoms with Gasteiger partial charge < -0.3 is 0 Å². The largest absolute Gasteiger partial charge is 0.299 e. The molecule has 0 bridgehead atoms. The molecule has 102 valence electrons. The molecule has 1 fully saturated rings. The number of hydrogen-bond donors (Lipinski definition) is 2. The number of carbonyl (C=O) groups excluding carboxylic acids is 2. The molecule has 1 aromatic rings. The van der Waals surface area contributed by atoms with Crippen molar-refractivity contribution in [3.05, 3.63) is 32.7 Å². The zero-order valence-corrected chi connectivity index (χ0v) is 13.5. The molecule has 4 nitrogen and oxygen atoms in total. The minimum atomic E-state index is -0.316. The first-order chi connectivity index (χ1) is 8.97. The molecule has 19 heavy (non-hydrogen) atoms. The minimum absolute atomic E-state index is 0.0198. The molecule has 1 aromatic carbocycles. The van der Waals surface area contributed by atoms with Crippen LogP contribution in [0.2, 0.25) is 0 Å². The van der Waals surface area contributed by atoms with Crippen LogP contribution in [0.25, 0.3) is 0 Å². The zero-order valence-electron chi connectivity index (χ0n) is 10.4. The lowest BCUT2D eigenvalue weighted by Gasteiger charge is -2.26. The van der Waals surface area contributed by atoms with Gasteiger partial charge in [0.15, 0.2) is 0 Å². The number of benzene rings is 1. The lowest BCUT2D eigenvalue weighted by atomic mass is 10.0. The Bertz CT molecular complexity index is 519. The number of imide groups is 1. The van der Waals surface area contributed by atoms with Crippen molar-refractivity contribution in [3.8, 4) is 0 Å². The summed E-state index contributed by atoms with van der Waals surface area (Å²) in [6.07, 6.45) is 0.931. The third-order valence-electron chi connectivity index (χ3n) is 3.12. The molecule has 0 saturated carbocycles. The first-order valence-corrected chi connectivity index (χ1v) is 7.60. The van der Waals surface area contributed by atoms with Crippen LogP contribution in [-0.2, 0) is 9.59 Å². The zero-order chi connectivity index (χ0) is 14.0. The Morgan fingerprint density at radius 1 is 1.37 bits per heavy atom. The third kappa shape index (κ3) is 3.64. The molecule has 1 saturated heterocycles. The van der Waals surface area contributed by atoms with E-state index in [1.54, 1.807) is 0 Å². The van der Waals surface area contributed by atoms with Gasteiger partial charge in [-0.1, -0.05) is 37.9 Å². The maximum Gasteiger partial charge on any atom is 0.243 e. The second-order valence-corrected chi connectivity index (χ2v) is 6.33. The second kappa shape index (κ2) is 6.15. The summed E-state index contributed by atoms with van der Waals surface area (Å²) in [5.41, 5.74) is 1.08. The number of halogens is 2. The molecule has 0 aromatic heterocycles. The maximum absolute atomic E-state index is 11.7. The van der Waals surface area contributed by atoms with E-state index in [-0.39, 0.29) is 23.9 Å². The highest BCUT2D eigenvalue weighted by Crippen LogP contribution is 2.27. The summed E-state index contributed by atoms with van der Waals surface area (Å²) in [5, 5.41) is 5.61. The van der Waals surface area contributed by atoms with Gasteiger partial charge in [0.1, 0.15) is 0 Å². The van der Waals surface area contributed by atoms with Crippen LogP contribution < -0.4 is 10.6 Å². The molecule has 0 aliphatic carbocycles. The molecule has 2 atom stereocenters. The lowest BCUT2D eigenvalue weighted by Crippen LogP contribution is -2.51. The predicted octanol–water partition coefficient (Wildman–Crippen LogP) is 2.67. The molecule has 1 aliphatic rings. The minimum Gasteiger partial charge on any atom is -0.299 e. The van der Waals surface area contributed by atoms with Crippen molar-refractivity contribution in [1.29, 1.82) is 0 Å². The van der Waals surface area contributed by atoms with E-state index in [0.717, 1.165) is 14.5 Å². The number of piperidine rings is 1. The van der Waals surface area contributed by atoms with E-state index in [1.165, 1.54) is 0 Å². The van der Waals surface area contributed by atoms with Crippen molar-refractivity contribution in [2.24, 2.45) is 0 Å². The third-order valence-corrected chi connectivity index (χ3v) is 4.30. The predicted molar refractivity (Wildman–Crippen MR) is 79.6 cm³/mol. The number of hydrogen-bond acceptors (Lipinski definition) is 3. The van der Waals surface area contributed by atoms with Crippen LogP contribution in [-0.4, -0.2) is 17.9 Å². The Balaban J connectivity index is 2.06. The van der Waals surface area contributed by atoms with E-state index >= 15 is 0 Å². The van der Waals surface area contributed by atoms with Crippen molar-refractivity contribution in [1.82, 2.24) is 10.6 Å². The first kappa shape index (κ1) is 14.7. The molecule has 2 N–H and O–H groups in total. The summed E-state index contributed by atoms with van der Waals surface area (Å²) in [4.78, 5) is 22.8. The number of amides is 2. The summed E-state index contributed by atoms with van der Waals surface area (Å²) < 4.78 is 1.98. The highest BCUT2D eigenvalue weighted by atomic mass is 79.9. The Hall–Kier alpha value is -0.720. The summed E-state index contributed by atoms with van der Waals surface area (Å²) in [6.45, 7) is 2.00. The molecule has 2 rings (SSSR count). The molecule has 1 heterocycles. The second-order valence-electron chi connectivity index (χ2n) is 4.56. The molecule has 0 radical (unpaired) electrons. The standard InChI is InChI=1S/C13H14Br2N2O2/c1-7(9-3-2-8(14)6-10(9)15)16-11-4-5-12(18)17-13(11)19/h2-3,6-7,11,16H,4-5H2,1H3,(H,17,18,19). The number of nitrogens with one attached hydrogen (secondary N) is 2. The van der Waals surface area contributed by atoms with Crippen LogP contribution >= 0.6 is 31.9 Å². The topological polar surface area (TPSA) is 58.2 Å². The van der Waals surface area contributed by atoms with E-state index in [2.05, 4.69) is 42.5 Å². The summed E-state index contributed by atoms with van der Waals surface area (Å²) >= 11 is 6.92. The number of carbonyl (C=O) groups is 2. The average Bonchev–Trinajstić information content (AvgIpc) is 2.32. The van der Waals surface area contributed by atoms with Gasteiger partial charge in [-0.15, -0.1) is 0 Å². The summed E-state index contributed by atoms with van der Waals surface area (Å²) in [6, 6.07) is 5.63. The lowest BCUT2D eigenvalue weighted by molar-refractivity contribution is -0.134. The van der Waals surface area contributed by atoms with Gasteiger partial charge in [0.25, 0.3) is 0 Å². The average molecular weight is 390 g/mol. The van der Waals surface area contributed by atoms with Crippen molar-refractivity contribution in [2.45, 2.75) is 31.8 Å². The van der Waals surface area contributed by atoms with Gasteiger partial charge in [0.2, 0.25) is 11.8 Å². The van der Waals surface area contributed by atoms with Crippen LogP contribution in [0.15, 0.2) is 27.1 Å².